The number of carbonyl (C=O) groups excluding carboxylic acids is 1. The third-order valence-electron chi connectivity index (χ3n) is 3.88. The summed E-state index contributed by atoms with van der Waals surface area (Å²) in [6.07, 6.45) is 1.66. The Morgan fingerprint density at radius 1 is 1.48 bits per heavy atom. The van der Waals surface area contributed by atoms with Gasteiger partial charge in [-0.2, -0.15) is 0 Å². The molecule has 0 saturated carbocycles. The van der Waals surface area contributed by atoms with E-state index in [2.05, 4.69) is 0 Å². The quantitative estimate of drug-likeness (QED) is 0.909. The molecular formula is C16H23ClN2O2. The molecule has 1 aromatic rings. The van der Waals surface area contributed by atoms with E-state index in [1.54, 1.807) is 0 Å². The predicted molar refractivity (Wildman–Crippen MR) is 84.2 cm³/mol. The lowest BCUT2D eigenvalue weighted by molar-refractivity contribution is -0.143. The SMILES string of the molecule is CC(CCCN)C(=O)N1CCOC(c2ccc(Cl)cc2)C1. The third-order valence-corrected chi connectivity index (χ3v) is 4.13. The van der Waals surface area contributed by atoms with E-state index in [-0.39, 0.29) is 17.9 Å². The van der Waals surface area contributed by atoms with Crippen LogP contribution in [0.25, 0.3) is 0 Å². The second-order valence-electron chi connectivity index (χ2n) is 5.53. The van der Waals surface area contributed by atoms with E-state index in [0.29, 0.717) is 31.3 Å². The van der Waals surface area contributed by atoms with Crippen LogP contribution in [0.1, 0.15) is 31.4 Å². The molecule has 1 saturated heterocycles. The van der Waals surface area contributed by atoms with Crippen molar-refractivity contribution < 1.29 is 9.53 Å². The van der Waals surface area contributed by atoms with E-state index in [0.717, 1.165) is 18.4 Å². The molecule has 2 atom stereocenters. The van der Waals surface area contributed by atoms with Crippen molar-refractivity contribution in [2.45, 2.75) is 25.9 Å². The van der Waals surface area contributed by atoms with Crippen molar-refractivity contribution in [1.29, 1.82) is 0 Å². The summed E-state index contributed by atoms with van der Waals surface area (Å²) >= 11 is 5.90. The average Bonchev–Trinajstić information content (AvgIpc) is 2.52. The van der Waals surface area contributed by atoms with Crippen LogP contribution in [0.2, 0.25) is 5.02 Å². The number of benzene rings is 1. The van der Waals surface area contributed by atoms with E-state index in [9.17, 15) is 4.79 Å². The number of rotatable bonds is 5. The van der Waals surface area contributed by atoms with Gasteiger partial charge in [0.25, 0.3) is 0 Å². The molecule has 2 rings (SSSR count). The van der Waals surface area contributed by atoms with Gasteiger partial charge < -0.3 is 15.4 Å². The molecule has 4 nitrogen and oxygen atoms in total. The van der Waals surface area contributed by atoms with Crippen LogP contribution in [0.15, 0.2) is 24.3 Å². The lowest BCUT2D eigenvalue weighted by atomic mass is 10.0. The highest BCUT2D eigenvalue weighted by atomic mass is 35.5. The number of nitrogens with zero attached hydrogens (tertiary/aromatic N) is 1. The first-order valence-electron chi connectivity index (χ1n) is 7.47. The van der Waals surface area contributed by atoms with E-state index in [1.165, 1.54) is 0 Å². The standard InChI is InChI=1S/C16H23ClN2O2/c1-12(3-2-8-18)16(20)19-9-10-21-15(11-19)13-4-6-14(17)7-5-13/h4-7,12,15H,2-3,8-11,18H2,1H3. The molecule has 2 N–H and O–H groups in total. The van der Waals surface area contributed by atoms with Gasteiger partial charge in [-0.05, 0) is 37.1 Å². The Kier molecular flexibility index (Phi) is 6.03. The lowest BCUT2D eigenvalue weighted by Gasteiger charge is -2.34. The summed E-state index contributed by atoms with van der Waals surface area (Å²) in [6.45, 7) is 4.45. The molecule has 2 unspecified atom stereocenters. The maximum Gasteiger partial charge on any atom is 0.225 e. The molecule has 116 valence electrons. The molecule has 1 aliphatic heterocycles. The Balaban J connectivity index is 1.97. The lowest BCUT2D eigenvalue weighted by Crippen LogP contribution is -2.44. The second kappa shape index (κ2) is 7.78. The minimum Gasteiger partial charge on any atom is -0.370 e. The highest BCUT2D eigenvalue weighted by molar-refractivity contribution is 6.30. The summed E-state index contributed by atoms with van der Waals surface area (Å²) < 4.78 is 5.79. The Labute approximate surface area is 131 Å². The minimum atomic E-state index is -0.0679. The van der Waals surface area contributed by atoms with E-state index in [4.69, 9.17) is 22.1 Å². The molecule has 0 aromatic heterocycles. The number of amides is 1. The smallest absolute Gasteiger partial charge is 0.225 e. The zero-order valence-electron chi connectivity index (χ0n) is 12.4. The first kappa shape index (κ1) is 16.3. The maximum atomic E-state index is 12.4. The van der Waals surface area contributed by atoms with Crippen molar-refractivity contribution in [3.63, 3.8) is 0 Å². The van der Waals surface area contributed by atoms with E-state index in [1.807, 2.05) is 36.1 Å². The van der Waals surface area contributed by atoms with Crippen LogP contribution in [0, 0.1) is 5.92 Å². The normalized spacial score (nSPS) is 20.3. The van der Waals surface area contributed by atoms with Gasteiger partial charge in [0.1, 0.15) is 6.10 Å². The molecule has 0 spiro atoms. The van der Waals surface area contributed by atoms with Crippen molar-refractivity contribution in [3.8, 4) is 0 Å². The van der Waals surface area contributed by atoms with Crippen LogP contribution in [-0.2, 0) is 9.53 Å². The van der Waals surface area contributed by atoms with Crippen LogP contribution in [0.4, 0.5) is 0 Å². The van der Waals surface area contributed by atoms with Crippen LogP contribution in [0.5, 0.6) is 0 Å². The van der Waals surface area contributed by atoms with Gasteiger partial charge in [-0.15, -0.1) is 0 Å². The number of ether oxygens (including phenoxy) is 1. The molecular weight excluding hydrogens is 288 g/mol. The third kappa shape index (κ3) is 4.43. The number of halogens is 1. The van der Waals surface area contributed by atoms with Crippen molar-refractivity contribution in [2.75, 3.05) is 26.2 Å². The molecule has 1 fully saturated rings. The van der Waals surface area contributed by atoms with Crippen LogP contribution < -0.4 is 5.73 Å². The van der Waals surface area contributed by atoms with Gasteiger partial charge in [-0.3, -0.25) is 4.79 Å². The highest BCUT2D eigenvalue weighted by Gasteiger charge is 2.27. The van der Waals surface area contributed by atoms with Gasteiger partial charge in [0.05, 0.1) is 13.2 Å². The van der Waals surface area contributed by atoms with E-state index >= 15 is 0 Å². The molecule has 0 aliphatic carbocycles. The molecule has 0 bridgehead atoms. The van der Waals surface area contributed by atoms with Crippen LogP contribution >= 0.6 is 11.6 Å². The molecule has 1 aliphatic rings. The Bertz CT molecular complexity index is 464. The number of hydrogen-bond donors (Lipinski definition) is 1. The van der Waals surface area contributed by atoms with Gasteiger partial charge in [-0.25, -0.2) is 0 Å². The molecule has 1 amide bonds. The monoisotopic (exact) mass is 310 g/mol. The summed E-state index contributed by atoms with van der Waals surface area (Å²) in [5, 5.41) is 0.706. The maximum absolute atomic E-state index is 12.4. The fourth-order valence-corrected chi connectivity index (χ4v) is 2.71. The minimum absolute atomic E-state index is 0.0255. The van der Waals surface area contributed by atoms with Gasteiger partial charge in [0.2, 0.25) is 5.91 Å². The van der Waals surface area contributed by atoms with Gasteiger partial charge in [0, 0.05) is 17.5 Å². The Hall–Kier alpha value is -1.10. The summed E-state index contributed by atoms with van der Waals surface area (Å²) in [4.78, 5) is 14.4. The predicted octanol–water partition coefficient (Wildman–Crippen LogP) is 2.61. The van der Waals surface area contributed by atoms with Crippen molar-refractivity contribution in [3.05, 3.63) is 34.9 Å². The largest absolute Gasteiger partial charge is 0.370 e. The summed E-state index contributed by atoms with van der Waals surface area (Å²) in [7, 11) is 0. The van der Waals surface area contributed by atoms with Crippen LogP contribution in [0.3, 0.4) is 0 Å². The molecule has 0 radical (unpaired) electrons. The second-order valence-corrected chi connectivity index (χ2v) is 5.96. The molecule has 1 heterocycles. The van der Waals surface area contributed by atoms with Gasteiger partial charge in [-0.1, -0.05) is 30.7 Å². The number of carbonyl (C=O) groups is 1. The van der Waals surface area contributed by atoms with Gasteiger partial charge in [0.15, 0.2) is 0 Å². The zero-order chi connectivity index (χ0) is 15.2. The fourth-order valence-electron chi connectivity index (χ4n) is 2.59. The number of hydrogen-bond acceptors (Lipinski definition) is 3. The summed E-state index contributed by atoms with van der Waals surface area (Å²) in [6, 6.07) is 7.62. The fraction of sp³-hybridized carbons (Fsp3) is 0.562. The summed E-state index contributed by atoms with van der Waals surface area (Å²) in [5.41, 5.74) is 6.57. The zero-order valence-corrected chi connectivity index (χ0v) is 13.2. The topological polar surface area (TPSA) is 55.6 Å². The molecule has 1 aromatic carbocycles. The Morgan fingerprint density at radius 3 is 2.86 bits per heavy atom. The average molecular weight is 311 g/mol. The summed E-state index contributed by atoms with van der Waals surface area (Å²) in [5.74, 6) is 0.225. The van der Waals surface area contributed by atoms with Crippen molar-refractivity contribution in [2.24, 2.45) is 11.7 Å². The van der Waals surface area contributed by atoms with Crippen molar-refractivity contribution in [1.82, 2.24) is 4.90 Å². The first-order chi connectivity index (χ1) is 10.1. The number of nitrogens with two attached hydrogens (primary N) is 1. The number of morpholine rings is 1. The molecule has 21 heavy (non-hydrogen) atoms. The van der Waals surface area contributed by atoms with Crippen LogP contribution in [-0.4, -0.2) is 37.0 Å². The highest BCUT2D eigenvalue weighted by Crippen LogP contribution is 2.25. The molecule has 5 heteroatoms. The van der Waals surface area contributed by atoms with Crippen molar-refractivity contribution >= 4 is 17.5 Å². The Morgan fingerprint density at radius 2 is 2.19 bits per heavy atom. The first-order valence-corrected chi connectivity index (χ1v) is 7.85. The van der Waals surface area contributed by atoms with Gasteiger partial charge >= 0.3 is 0 Å². The van der Waals surface area contributed by atoms with E-state index < -0.39 is 0 Å².